The molecule has 1 N–H and O–H groups in total. The molecular weight excluding hydrogens is 241 g/mol. The summed E-state index contributed by atoms with van der Waals surface area (Å²) in [6.07, 6.45) is 5.24. The Hall–Kier alpha value is -2.28. The fourth-order valence-corrected chi connectivity index (χ4v) is 1.92. The van der Waals surface area contributed by atoms with Crippen molar-refractivity contribution in [1.82, 2.24) is 4.57 Å². The van der Waals surface area contributed by atoms with Crippen molar-refractivity contribution in [3.8, 4) is 6.07 Å². The largest absolute Gasteiger partial charge is 0.381 e. The van der Waals surface area contributed by atoms with Crippen molar-refractivity contribution in [3.63, 3.8) is 0 Å². The number of anilines is 1. The van der Waals surface area contributed by atoms with Crippen molar-refractivity contribution >= 4 is 5.69 Å². The van der Waals surface area contributed by atoms with Gasteiger partial charge < -0.3 is 9.88 Å². The van der Waals surface area contributed by atoms with Crippen molar-refractivity contribution < 1.29 is 4.39 Å². The highest BCUT2D eigenvalue weighted by molar-refractivity contribution is 5.50. The second kappa shape index (κ2) is 6.05. The van der Waals surface area contributed by atoms with Crippen molar-refractivity contribution in [2.45, 2.75) is 26.4 Å². The Morgan fingerprint density at radius 1 is 1.37 bits per heavy atom. The average Bonchev–Trinajstić information content (AvgIpc) is 2.86. The lowest BCUT2D eigenvalue weighted by atomic mass is 10.2. The summed E-state index contributed by atoms with van der Waals surface area (Å²) in [7, 11) is 0. The van der Waals surface area contributed by atoms with Crippen molar-refractivity contribution in [2.24, 2.45) is 0 Å². The molecule has 98 valence electrons. The van der Waals surface area contributed by atoms with E-state index >= 15 is 0 Å². The minimum Gasteiger partial charge on any atom is -0.381 e. The molecule has 0 fully saturated rings. The van der Waals surface area contributed by atoms with Gasteiger partial charge in [0.25, 0.3) is 0 Å². The van der Waals surface area contributed by atoms with Crippen LogP contribution in [0.3, 0.4) is 0 Å². The number of hydrogen-bond acceptors (Lipinski definition) is 2. The van der Waals surface area contributed by atoms with E-state index < -0.39 is 5.82 Å². The molecule has 0 amide bonds. The molecule has 1 heterocycles. The van der Waals surface area contributed by atoms with Gasteiger partial charge in [-0.25, -0.2) is 4.39 Å². The maximum atomic E-state index is 13.2. The molecule has 2 aromatic rings. The minimum absolute atomic E-state index is 0.0635. The SMILES string of the molecule is CCCn1ccc(CNc2ccc(F)c(C#N)c2)c1. The predicted molar refractivity (Wildman–Crippen MR) is 73.2 cm³/mol. The molecule has 0 aliphatic rings. The van der Waals surface area contributed by atoms with E-state index in [9.17, 15) is 4.39 Å². The molecule has 19 heavy (non-hydrogen) atoms. The zero-order valence-corrected chi connectivity index (χ0v) is 10.9. The van der Waals surface area contributed by atoms with Crippen LogP contribution in [0.25, 0.3) is 0 Å². The number of nitrogens with one attached hydrogen (secondary N) is 1. The molecule has 0 bridgehead atoms. The van der Waals surface area contributed by atoms with Gasteiger partial charge in [-0.2, -0.15) is 5.26 Å². The molecule has 0 saturated heterocycles. The van der Waals surface area contributed by atoms with Crippen LogP contribution in [-0.2, 0) is 13.1 Å². The highest BCUT2D eigenvalue weighted by Gasteiger charge is 2.03. The zero-order valence-electron chi connectivity index (χ0n) is 10.9. The van der Waals surface area contributed by atoms with Gasteiger partial charge in [0.1, 0.15) is 11.9 Å². The average molecular weight is 257 g/mol. The van der Waals surface area contributed by atoms with Crippen LogP contribution in [-0.4, -0.2) is 4.57 Å². The van der Waals surface area contributed by atoms with Gasteiger partial charge >= 0.3 is 0 Å². The molecule has 2 rings (SSSR count). The Bertz CT molecular complexity index is 596. The Morgan fingerprint density at radius 3 is 2.95 bits per heavy atom. The fraction of sp³-hybridized carbons (Fsp3) is 0.267. The number of aromatic nitrogens is 1. The van der Waals surface area contributed by atoms with E-state index in [2.05, 4.69) is 29.1 Å². The van der Waals surface area contributed by atoms with Crippen molar-refractivity contribution in [3.05, 3.63) is 53.6 Å². The van der Waals surface area contributed by atoms with Crippen LogP contribution in [0.1, 0.15) is 24.5 Å². The Kier molecular flexibility index (Phi) is 4.19. The highest BCUT2D eigenvalue weighted by Crippen LogP contribution is 2.15. The summed E-state index contributed by atoms with van der Waals surface area (Å²) in [6.45, 7) is 3.81. The number of rotatable bonds is 5. The number of halogens is 1. The number of benzene rings is 1. The second-order valence-corrected chi connectivity index (χ2v) is 4.42. The van der Waals surface area contributed by atoms with E-state index in [1.807, 2.05) is 12.3 Å². The first-order valence-electron chi connectivity index (χ1n) is 6.31. The summed E-state index contributed by atoms with van der Waals surface area (Å²) in [5.74, 6) is -0.484. The molecule has 4 heteroatoms. The molecule has 0 aliphatic carbocycles. The predicted octanol–water partition coefficient (Wildman–Crippen LogP) is 3.52. The summed E-state index contributed by atoms with van der Waals surface area (Å²) in [4.78, 5) is 0. The first kappa shape index (κ1) is 13.2. The van der Waals surface area contributed by atoms with Gasteiger partial charge in [0, 0.05) is 31.2 Å². The first-order chi connectivity index (χ1) is 9.22. The third kappa shape index (κ3) is 3.35. The number of hydrogen-bond donors (Lipinski definition) is 1. The summed E-state index contributed by atoms with van der Waals surface area (Å²) in [5, 5.41) is 12.0. The van der Waals surface area contributed by atoms with E-state index in [4.69, 9.17) is 5.26 Å². The molecule has 0 unspecified atom stereocenters. The van der Waals surface area contributed by atoms with Crippen LogP contribution < -0.4 is 5.32 Å². The fourth-order valence-electron chi connectivity index (χ4n) is 1.92. The molecule has 0 atom stereocenters. The monoisotopic (exact) mass is 257 g/mol. The van der Waals surface area contributed by atoms with Gasteiger partial charge in [0.15, 0.2) is 0 Å². The molecule has 0 aliphatic heterocycles. The minimum atomic E-state index is -0.484. The van der Waals surface area contributed by atoms with Crippen molar-refractivity contribution in [1.29, 1.82) is 5.26 Å². The van der Waals surface area contributed by atoms with Crippen LogP contribution in [0.2, 0.25) is 0 Å². The lowest BCUT2D eigenvalue weighted by Crippen LogP contribution is -1.99. The molecule has 3 nitrogen and oxygen atoms in total. The molecule has 1 aromatic heterocycles. The second-order valence-electron chi connectivity index (χ2n) is 4.42. The van der Waals surface area contributed by atoms with Gasteiger partial charge in [-0.1, -0.05) is 6.92 Å². The quantitative estimate of drug-likeness (QED) is 0.890. The highest BCUT2D eigenvalue weighted by atomic mass is 19.1. The smallest absolute Gasteiger partial charge is 0.141 e. The van der Waals surface area contributed by atoms with E-state index in [1.54, 1.807) is 6.07 Å². The lowest BCUT2D eigenvalue weighted by Gasteiger charge is -2.05. The molecular formula is C15H16FN3. The van der Waals surface area contributed by atoms with Gasteiger partial charge in [0.2, 0.25) is 0 Å². The Balaban J connectivity index is 2.00. The van der Waals surface area contributed by atoms with Gasteiger partial charge in [-0.15, -0.1) is 0 Å². The lowest BCUT2D eigenvalue weighted by molar-refractivity contribution is 0.624. The third-order valence-corrected chi connectivity index (χ3v) is 2.88. The molecule has 1 aromatic carbocycles. The number of nitriles is 1. The van der Waals surface area contributed by atoms with Crippen LogP contribution in [0.15, 0.2) is 36.7 Å². The number of aryl methyl sites for hydroxylation is 1. The topological polar surface area (TPSA) is 40.8 Å². The van der Waals surface area contributed by atoms with Crippen molar-refractivity contribution in [2.75, 3.05) is 5.32 Å². The maximum Gasteiger partial charge on any atom is 0.141 e. The third-order valence-electron chi connectivity index (χ3n) is 2.88. The summed E-state index contributed by atoms with van der Waals surface area (Å²) in [5.41, 5.74) is 1.98. The molecule has 0 radical (unpaired) electrons. The molecule has 0 saturated carbocycles. The van der Waals surface area contributed by atoms with Gasteiger partial charge in [-0.05, 0) is 36.2 Å². The van der Waals surface area contributed by atoms with E-state index in [0.29, 0.717) is 6.54 Å². The normalized spacial score (nSPS) is 10.2. The summed E-state index contributed by atoms with van der Waals surface area (Å²) < 4.78 is 15.3. The van der Waals surface area contributed by atoms with Gasteiger partial charge in [-0.3, -0.25) is 0 Å². The van der Waals surface area contributed by atoms with E-state index in [1.165, 1.54) is 12.1 Å². The van der Waals surface area contributed by atoms with Crippen LogP contribution in [0, 0.1) is 17.1 Å². The summed E-state index contributed by atoms with van der Waals surface area (Å²) in [6, 6.07) is 8.36. The van der Waals surface area contributed by atoms with Crippen LogP contribution in [0.5, 0.6) is 0 Å². The first-order valence-corrected chi connectivity index (χ1v) is 6.31. The van der Waals surface area contributed by atoms with E-state index in [-0.39, 0.29) is 5.56 Å². The molecule has 0 spiro atoms. The maximum absolute atomic E-state index is 13.2. The number of nitrogens with zero attached hydrogens (tertiary/aromatic N) is 2. The van der Waals surface area contributed by atoms with Crippen LogP contribution >= 0.6 is 0 Å². The van der Waals surface area contributed by atoms with E-state index in [0.717, 1.165) is 24.2 Å². The summed E-state index contributed by atoms with van der Waals surface area (Å²) >= 11 is 0. The Labute approximate surface area is 112 Å². The Morgan fingerprint density at radius 2 is 2.21 bits per heavy atom. The standard InChI is InChI=1S/C15H16FN3/c1-2-6-19-7-5-12(11-19)10-18-14-3-4-15(16)13(8-14)9-17/h3-5,7-8,11,18H,2,6,10H2,1H3. The van der Waals surface area contributed by atoms with Gasteiger partial charge in [0.05, 0.1) is 5.56 Å². The van der Waals surface area contributed by atoms with Crippen LogP contribution in [0.4, 0.5) is 10.1 Å². The zero-order chi connectivity index (χ0) is 13.7.